The lowest BCUT2D eigenvalue weighted by atomic mass is 9.83. The second-order valence-electron chi connectivity index (χ2n) is 4.58. The van der Waals surface area contributed by atoms with Gasteiger partial charge in [-0.3, -0.25) is 0 Å². The maximum absolute atomic E-state index is 2.36. The molecule has 1 rings (SSSR count). The van der Waals surface area contributed by atoms with Crippen molar-refractivity contribution in [1.29, 1.82) is 0 Å². The van der Waals surface area contributed by atoms with E-state index in [9.17, 15) is 0 Å². The smallest absolute Gasteiger partial charge is 0.0269 e. The molecule has 0 atom stereocenters. The van der Waals surface area contributed by atoms with Crippen molar-refractivity contribution >= 4 is 0 Å². The van der Waals surface area contributed by atoms with Gasteiger partial charge in [-0.25, -0.2) is 0 Å². The lowest BCUT2D eigenvalue weighted by Gasteiger charge is -2.22. The van der Waals surface area contributed by atoms with Gasteiger partial charge in [0.1, 0.15) is 0 Å². The normalized spacial score (nSPS) is 16.9. The maximum Gasteiger partial charge on any atom is -0.0269 e. The summed E-state index contributed by atoms with van der Waals surface area (Å²) in [5.74, 6) is 0. The minimum Gasteiger partial charge on any atom is -0.0736 e. The molecule has 0 saturated heterocycles. The summed E-state index contributed by atoms with van der Waals surface area (Å²) < 4.78 is 0. The maximum atomic E-state index is 2.36. The third-order valence-electron chi connectivity index (χ3n) is 2.80. The van der Waals surface area contributed by atoms with Gasteiger partial charge in [0.05, 0.1) is 0 Å². The Morgan fingerprint density at radius 3 is 2.27 bits per heavy atom. The molecule has 1 fully saturated rings. The van der Waals surface area contributed by atoms with E-state index in [4.69, 9.17) is 0 Å². The van der Waals surface area contributed by atoms with Crippen LogP contribution in [0.25, 0.3) is 0 Å². The van der Waals surface area contributed by atoms with Crippen LogP contribution >= 0.6 is 0 Å². The highest BCUT2D eigenvalue weighted by Gasteiger charge is 2.20. The molecule has 0 aromatic carbocycles. The Morgan fingerprint density at radius 2 is 1.91 bits per heavy atom. The van der Waals surface area contributed by atoms with Gasteiger partial charge in [-0.05, 0) is 31.6 Å². The van der Waals surface area contributed by atoms with E-state index in [0.29, 0.717) is 5.41 Å². The van der Waals surface area contributed by atoms with E-state index in [2.05, 4.69) is 27.7 Å². The first-order valence-electron chi connectivity index (χ1n) is 4.72. The fraction of sp³-hybridized carbons (Fsp3) is 0.818. The van der Waals surface area contributed by atoms with E-state index < -0.39 is 0 Å². The quantitative estimate of drug-likeness (QED) is 0.538. The number of hydrogen-bond acceptors (Lipinski definition) is 0. The summed E-state index contributed by atoms with van der Waals surface area (Å²) in [4.78, 5) is 0. The Hall–Kier alpha value is -0.260. The van der Waals surface area contributed by atoms with Gasteiger partial charge in [0.2, 0.25) is 0 Å². The van der Waals surface area contributed by atoms with Gasteiger partial charge in [-0.15, -0.1) is 0 Å². The molecule has 0 aromatic heterocycles. The monoisotopic (exact) mass is 152 g/mol. The number of rotatable bonds is 3. The van der Waals surface area contributed by atoms with Crippen LogP contribution in [0.4, 0.5) is 0 Å². The van der Waals surface area contributed by atoms with Gasteiger partial charge < -0.3 is 0 Å². The molecule has 0 spiro atoms. The molecule has 1 aliphatic rings. The minimum atomic E-state index is 0.527. The molecule has 64 valence electrons. The van der Waals surface area contributed by atoms with Crippen molar-refractivity contribution in [3.8, 4) is 0 Å². The lowest BCUT2D eigenvalue weighted by Crippen LogP contribution is -2.09. The highest BCUT2D eigenvalue weighted by atomic mass is 14.3. The van der Waals surface area contributed by atoms with Crippen molar-refractivity contribution in [2.24, 2.45) is 5.41 Å². The standard InChI is InChI=1S/C11H20/c1-5-11(3,4)8-9(2)10-6-7-10/h5-8H2,1-4H3. The van der Waals surface area contributed by atoms with E-state index in [-0.39, 0.29) is 0 Å². The molecule has 0 unspecified atom stereocenters. The average molecular weight is 152 g/mol. The summed E-state index contributed by atoms with van der Waals surface area (Å²) in [6.45, 7) is 9.31. The second kappa shape index (κ2) is 3.00. The van der Waals surface area contributed by atoms with Crippen LogP contribution < -0.4 is 0 Å². The first kappa shape index (κ1) is 8.83. The first-order valence-corrected chi connectivity index (χ1v) is 4.72. The molecule has 0 heterocycles. The van der Waals surface area contributed by atoms with Gasteiger partial charge >= 0.3 is 0 Å². The van der Waals surface area contributed by atoms with Gasteiger partial charge in [0, 0.05) is 0 Å². The molecule has 0 heteroatoms. The Bertz CT molecular complexity index is 166. The van der Waals surface area contributed by atoms with Gasteiger partial charge in [-0.1, -0.05) is 38.3 Å². The van der Waals surface area contributed by atoms with Crippen molar-refractivity contribution in [1.82, 2.24) is 0 Å². The fourth-order valence-corrected chi connectivity index (χ4v) is 1.46. The van der Waals surface area contributed by atoms with E-state index in [1.165, 1.54) is 25.7 Å². The SMILES string of the molecule is CCC(C)(C)CC(C)=C1CC1. The summed E-state index contributed by atoms with van der Waals surface area (Å²) in [5, 5.41) is 0. The minimum absolute atomic E-state index is 0.527. The van der Waals surface area contributed by atoms with Crippen molar-refractivity contribution in [2.75, 3.05) is 0 Å². The Balaban J connectivity index is 2.47. The molecular weight excluding hydrogens is 132 g/mol. The molecule has 0 amide bonds. The summed E-state index contributed by atoms with van der Waals surface area (Å²) in [6, 6.07) is 0. The second-order valence-corrected chi connectivity index (χ2v) is 4.58. The zero-order valence-corrected chi connectivity index (χ0v) is 8.33. The topological polar surface area (TPSA) is 0 Å². The van der Waals surface area contributed by atoms with Crippen molar-refractivity contribution in [3.63, 3.8) is 0 Å². The molecule has 0 nitrogen and oxygen atoms in total. The van der Waals surface area contributed by atoms with Crippen LogP contribution in [0.3, 0.4) is 0 Å². The molecule has 1 saturated carbocycles. The van der Waals surface area contributed by atoms with Crippen LogP contribution in [-0.4, -0.2) is 0 Å². The molecule has 0 aromatic rings. The molecule has 1 aliphatic carbocycles. The summed E-state index contributed by atoms with van der Waals surface area (Å²) in [5.41, 5.74) is 3.92. The molecule has 0 bridgehead atoms. The molecule has 11 heavy (non-hydrogen) atoms. The molecule has 0 aliphatic heterocycles. The van der Waals surface area contributed by atoms with E-state index >= 15 is 0 Å². The van der Waals surface area contributed by atoms with Crippen LogP contribution in [0.15, 0.2) is 11.1 Å². The molecule has 0 radical (unpaired) electrons. The largest absolute Gasteiger partial charge is 0.0736 e. The van der Waals surface area contributed by atoms with Gasteiger partial charge in [0.25, 0.3) is 0 Å². The van der Waals surface area contributed by atoms with Crippen LogP contribution in [0.2, 0.25) is 0 Å². The summed E-state index contributed by atoms with van der Waals surface area (Å²) >= 11 is 0. The number of hydrogen-bond donors (Lipinski definition) is 0. The Morgan fingerprint density at radius 1 is 1.36 bits per heavy atom. The Labute approximate surface area is 70.7 Å². The van der Waals surface area contributed by atoms with Crippen LogP contribution in [0.1, 0.15) is 53.4 Å². The van der Waals surface area contributed by atoms with Crippen molar-refractivity contribution in [2.45, 2.75) is 53.4 Å². The number of allylic oxidation sites excluding steroid dienone is 2. The van der Waals surface area contributed by atoms with Gasteiger partial charge in [0.15, 0.2) is 0 Å². The zero-order chi connectivity index (χ0) is 8.48. The highest BCUT2D eigenvalue weighted by molar-refractivity contribution is 5.24. The summed E-state index contributed by atoms with van der Waals surface area (Å²) in [7, 11) is 0. The van der Waals surface area contributed by atoms with Crippen molar-refractivity contribution in [3.05, 3.63) is 11.1 Å². The van der Waals surface area contributed by atoms with Crippen LogP contribution in [-0.2, 0) is 0 Å². The average Bonchev–Trinajstić information content (AvgIpc) is 2.67. The van der Waals surface area contributed by atoms with E-state index in [1.807, 2.05) is 0 Å². The predicted octanol–water partition coefficient (Wildman–Crippen LogP) is 3.92. The fourth-order valence-electron chi connectivity index (χ4n) is 1.46. The van der Waals surface area contributed by atoms with E-state index in [0.717, 1.165) is 0 Å². The third kappa shape index (κ3) is 2.69. The first-order chi connectivity index (χ1) is 5.05. The Kier molecular flexibility index (Phi) is 2.41. The zero-order valence-electron chi connectivity index (χ0n) is 8.33. The molecular formula is C11H20. The summed E-state index contributed by atoms with van der Waals surface area (Å²) in [6.07, 6.45) is 5.35. The predicted molar refractivity (Wildman–Crippen MR) is 50.6 cm³/mol. The lowest BCUT2D eigenvalue weighted by molar-refractivity contribution is 0.348. The van der Waals surface area contributed by atoms with Crippen molar-refractivity contribution < 1.29 is 0 Å². The van der Waals surface area contributed by atoms with Crippen LogP contribution in [0, 0.1) is 5.41 Å². The highest BCUT2D eigenvalue weighted by Crippen LogP contribution is 2.37. The third-order valence-corrected chi connectivity index (χ3v) is 2.80. The molecule has 0 N–H and O–H groups in total. The van der Waals surface area contributed by atoms with Crippen LogP contribution in [0.5, 0.6) is 0 Å². The van der Waals surface area contributed by atoms with Gasteiger partial charge in [-0.2, -0.15) is 0 Å². The van der Waals surface area contributed by atoms with E-state index in [1.54, 1.807) is 11.1 Å².